The number of carbonyl (C=O) groups is 2. The van der Waals surface area contributed by atoms with Crippen LogP contribution in [0.5, 0.6) is 0 Å². The number of hydrogen-bond acceptors (Lipinski definition) is 2. The minimum Gasteiger partial charge on any atom is -0.299 e. The number of hydrogen-bond donors (Lipinski definition) is 0. The molecule has 2 fully saturated rings. The number of ketones is 2. The van der Waals surface area contributed by atoms with Gasteiger partial charge in [0, 0.05) is 11.8 Å². The van der Waals surface area contributed by atoms with Gasteiger partial charge < -0.3 is 0 Å². The molecule has 0 aliphatic heterocycles. The van der Waals surface area contributed by atoms with Crippen molar-refractivity contribution >= 4 is 11.6 Å². The summed E-state index contributed by atoms with van der Waals surface area (Å²) in [5, 5.41) is 0. The van der Waals surface area contributed by atoms with Gasteiger partial charge in [-0.15, -0.1) is 0 Å². The third kappa shape index (κ3) is 1.93. The number of fused-ring (bicyclic) bond motifs is 4. The molecule has 0 bridgehead atoms. The minimum atomic E-state index is -0.132. The summed E-state index contributed by atoms with van der Waals surface area (Å²) in [5.41, 5.74) is 4.55. The second-order valence-corrected chi connectivity index (χ2v) is 8.74. The van der Waals surface area contributed by atoms with Crippen molar-refractivity contribution in [2.24, 2.45) is 22.7 Å². The van der Waals surface area contributed by atoms with Crippen molar-refractivity contribution in [2.75, 3.05) is 0 Å². The van der Waals surface area contributed by atoms with Crippen LogP contribution in [0.3, 0.4) is 0 Å². The van der Waals surface area contributed by atoms with Crippen LogP contribution in [0.1, 0.15) is 72.1 Å². The molecule has 4 aliphatic carbocycles. The molecule has 2 saturated carbocycles. The Morgan fingerprint density at radius 3 is 2.61 bits per heavy atom. The van der Waals surface area contributed by atoms with Crippen LogP contribution in [0.2, 0.25) is 0 Å². The van der Waals surface area contributed by atoms with Gasteiger partial charge >= 0.3 is 0 Å². The molecular formula is C21H28O2. The molecule has 0 amide bonds. The smallest absolute Gasteiger partial charge is 0.156 e. The highest BCUT2D eigenvalue weighted by Crippen LogP contribution is 2.66. The zero-order valence-corrected chi connectivity index (χ0v) is 14.7. The maximum Gasteiger partial charge on any atom is 0.156 e. The molecule has 4 atom stereocenters. The molecular weight excluding hydrogens is 284 g/mol. The van der Waals surface area contributed by atoms with Gasteiger partial charge in [0.1, 0.15) is 5.78 Å². The lowest BCUT2D eigenvalue weighted by molar-refractivity contribution is -0.134. The molecule has 0 aromatic rings. The fraction of sp³-hybridized carbons (Fsp3) is 0.714. The molecule has 4 aliphatic rings. The Morgan fingerprint density at radius 1 is 1.09 bits per heavy atom. The number of rotatable bonds is 1. The van der Waals surface area contributed by atoms with E-state index in [-0.39, 0.29) is 10.8 Å². The second-order valence-electron chi connectivity index (χ2n) is 8.74. The Hall–Kier alpha value is -1.18. The summed E-state index contributed by atoms with van der Waals surface area (Å²) in [6.45, 7) is 6.42. The van der Waals surface area contributed by atoms with Gasteiger partial charge in [0.15, 0.2) is 5.78 Å². The van der Waals surface area contributed by atoms with Crippen LogP contribution in [0, 0.1) is 22.7 Å². The zero-order chi connectivity index (χ0) is 16.4. The number of carbonyl (C=O) groups excluding carboxylic acids is 2. The van der Waals surface area contributed by atoms with Crippen LogP contribution in [0.15, 0.2) is 22.8 Å². The molecule has 2 unspecified atom stereocenters. The Morgan fingerprint density at radius 2 is 1.87 bits per heavy atom. The van der Waals surface area contributed by atoms with Gasteiger partial charge in [0.05, 0.1) is 0 Å². The van der Waals surface area contributed by atoms with Crippen molar-refractivity contribution in [3.8, 4) is 0 Å². The monoisotopic (exact) mass is 312 g/mol. The first-order valence-electron chi connectivity index (χ1n) is 9.33. The van der Waals surface area contributed by atoms with E-state index in [2.05, 4.69) is 13.8 Å². The highest BCUT2D eigenvalue weighted by atomic mass is 16.1. The van der Waals surface area contributed by atoms with Crippen LogP contribution < -0.4 is 0 Å². The Balaban J connectivity index is 1.74. The van der Waals surface area contributed by atoms with Crippen molar-refractivity contribution in [2.45, 2.75) is 72.1 Å². The average molecular weight is 312 g/mol. The first-order valence-corrected chi connectivity index (χ1v) is 9.33. The first-order chi connectivity index (χ1) is 10.9. The molecule has 124 valence electrons. The lowest BCUT2D eigenvalue weighted by Gasteiger charge is -2.52. The average Bonchev–Trinajstić information content (AvgIpc) is 2.80. The van der Waals surface area contributed by atoms with Crippen LogP contribution >= 0.6 is 0 Å². The lowest BCUT2D eigenvalue weighted by Crippen LogP contribution is -2.47. The summed E-state index contributed by atoms with van der Waals surface area (Å²) >= 11 is 0. The van der Waals surface area contributed by atoms with Gasteiger partial charge in [-0.05, 0) is 86.3 Å². The van der Waals surface area contributed by atoms with Gasteiger partial charge in [0.2, 0.25) is 0 Å². The summed E-state index contributed by atoms with van der Waals surface area (Å²) in [6, 6.07) is 0. The summed E-state index contributed by atoms with van der Waals surface area (Å²) in [7, 11) is 0. The Bertz CT molecular complexity index is 653. The Kier molecular flexibility index (Phi) is 3.28. The van der Waals surface area contributed by atoms with Crippen molar-refractivity contribution in [3.05, 3.63) is 22.8 Å². The highest BCUT2D eigenvalue weighted by Gasteiger charge is 2.60. The van der Waals surface area contributed by atoms with E-state index >= 15 is 0 Å². The maximum absolute atomic E-state index is 12.4. The normalized spacial score (nSPS) is 42.7. The molecule has 0 N–H and O–H groups in total. The standard InChI is InChI=1S/C21H28O2/c1-13(22)20(2)11-9-19-18-6-4-14-12-15(23)5-7-16(14)17(18)8-10-21(19,20)3/h12,18-19H,4-11H2,1-3H3/t18?,19?,20-,21+/m1/s1. The highest BCUT2D eigenvalue weighted by molar-refractivity contribution is 5.93. The van der Waals surface area contributed by atoms with Crippen molar-refractivity contribution in [1.29, 1.82) is 0 Å². The molecule has 0 radical (unpaired) electrons. The van der Waals surface area contributed by atoms with E-state index in [0.717, 1.165) is 32.1 Å². The fourth-order valence-corrected chi connectivity index (χ4v) is 6.38. The zero-order valence-electron chi connectivity index (χ0n) is 14.7. The fourth-order valence-electron chi connectivity index (χ4n) is 6.38. The minimum absolute atomic E-state index is 0.132. The predicted molar refractivity (Wildman–Crippen MR) is 90.9 cm³/mol. The van der Waals surface area contributed by atoms with E-state index in [9.17, 15) is 9.59 Å². The van der Waals surface area contributed by atoms with Gasteiger partial charge in [-0.1, -0.05) is 19.4 Å². The molecule has 0 aromatic heterocycles. The molecule has 23 heavy (non-hydrogen) atoms. The maximum atomic E-state index is 12.4. The van der Waals surface area contributed by atoms with E-state index in [1.165, 1.54) is 24.0 Å². The largest absolute Gasteiger partial charge is 0.299 e. The van der Waals surface area contributed by atoms with E-state index in [4.69, 9.17) is 0 Å². The summed E-state index contributed by atoms with van der Waals surface area (Å²) in [4.78, 5) is 24.1. The van der Waals surface area contributed by atoms with Gasteiger partial charge in [0.25, 0.3) is 0 Å². The predicted octanol–water partition coefficient (Wildman–Crippen LogP) is 4.79. The molecule has 0 spiro atoms. The molecule has 0 aromatic carbocycles. The van der Waals surface area contributed by atoms with Crippen molar-refractivity contribution in [1.82, 2.24) is 0 Å². The summed E-state index contributed by atoms with van der Waals surface area (Å²) in [5.74, 6) is 2.02. The summed E-state index contributed by atoms with van der Waals surface area (Å²) < 4.78 is 0. The molecule has 0 saturated heterocycles. The third-order valence-corrected chi connectivity index (χ3v) is 8.11. The SMILES string of the molecule is CC(=O)[C@@]1(C)CCC2C3CCC4=CC(=O)CCC4=C3CC[C@@]21C. The third-order valence-electron chi connectivity index (χ3n) is 8.11. The number of Topliss-reactive ketones (excluding diaryl/α,β-unsaturated/α-hetero) is 1. The van der Waals surface area contributed by atoms with E-state index in [0.29, 0.717) is 29.8 Å². The van der Waals surface area contributed by atoms with Crippen LogP contribution in [0.25, 0.3) is 0 Å². The lowest BCUT2D eigenvalue weighted by atomic mass is 9.52. The van der Waals surface area contributed by atoms with Crippen LogP contribution in [0.4, 0.5) is 0 Å². The summed E-state index contributed by atoms with van der Waals surface area (Å²) in [6.07, 6.45) is 10.4. The van der Waals surface area contributed by atoms with Gasteiger partial charge in [-0.3, -0.25) is 9.59 Å². The second kappa shape index (κ2) is 4.91. The topological polar surface area (TPSA) is 34.1 Å². The number of allylic oxidation sites excluding steroid dienone is 4. The molecule has 2 nitrogen and oxygen atoms in total. The van der Waals surface area contributed by atoms with Crippen LogP contribution in [-0.2, 0) is 9.59 Å². The molecule has 2 heteroatoms. The quantitative estimate of drug-likeness (QED) is 0.697. The van der Waals surface area contributed by atoms with E-state index < -0.39 is 0 Å². The van der Waals surface area contributed by atoms with E-state index in [1.54, 1.807) is 12.5 Å². The van der Waals surface area contributed by atoms with Crippen LogP contribution in [-0.4, -0.2) is 11.6 Å². The van der Waals surface area contributed by atoms with Gasteiger partial charge in [-0.25, -0.2) is 0 Å². The molecule has 0 heterocycles. The van der Waals surface area contributed by atoms with Crippen molar-refractivity contribution < 1.29 is 9.59 Å². The van der Waals surface area contributed by atoms with Gasteiger partial charge in [-0.2, -0.15) is 0 Å². The molecule has 4 rings (SSSR count). The van der Waals surface area contributed by atoms with E-state index in [1.807, 2.05) is 6.08 Å². The first kappa shape index (κ1) is 15.4. The Labute approximate surface area is 139 Å². The van der Waals surface area contributed by atoms with Crippen molar-refractivity contribution in [3.63, 3.8) is 0 Å².